The van der Waals surface area contributed by atoms with Gasteiger partial charge in [0.15, 0.2) is 0 Å². The molecule has 0 aliphatic carbocycles. The second-order valence-electron chi connectivity index (χ2n) is 17.7. The molecule has 2 aromatic carbocycles. The number of aromatic amines is 1. The number of aromatic nitrogens is 2. The Hall–Kier alpha value is -4.87. The summed E-state index contributed by atoms with van der Waals surface area (Å²) in [6.07, 6.45) is 7.26. The number of anilines is 1. The molecular formula is C45H54FN7O8S. The van der Waals surface area contributed by atoms with Gasteiger partial charge in [-0.1, -0.05) is 6.07 Å². The quantitative estimate of drug-likeness (QED) is 0.265. The lowest BCUT2D eigenvalue weighted by Gasteiger charge is -2.40. The molecule has 0 spiro atoms. The minimum absolute atomic E-state index is 0.0113. The first-order valence-corrected chi connectivity index (χ1v) is 23.3. The Balaban J connectivity index is 0.704. The summed E-state index contributed by atoms with van der Waals surface area (Å²) in [5.74, 6) is -0.294. The van der Waals surface area contributed by atoms with Crippen LogP contribution in [0.4, 0.5) is 10.1 Å². The lowest BCUT2D eigenvalue weighted by atomic mass is 9.90. The van der Waals surface area contributed by atoms with E-state index in [4.69, 9.17) is 9.47 Å². The van der Waals surface area contributed by atoms with Crippen molar-refractivity contribution in [2.45, 2.75) is 81.3 Å². The Labute approximate surface area is 363 Å². The van der Waals surface area contributed by atoms with Crippen molar-refractivity contribution in [3.63, 3.8) is 0 Å². The molecule has 6 aliphatic heterocycles. The van der Waals surface area contributed by atoms with Crippen LogP contribution in [-0.2, 0) is 24.9 Å². The zero-order valence-electron chi connectivity index (χ0n) is 34.9. The zero-order valence-corrected chi connectivity index (χ0v) is 35.7. The third-order valence-electron chi connectivity index (χ3n) is 13.7. The fraction of sp³-hybridized carbons (Fsp3) is 0.578. The number of likely N-dealkylation sites (tertiary alicyclic amines) is 2. The van der Waals surface area contributed by atoms with Crippen LogP contribution in [0.3, 0.4) is 0 Å². The molecule has 15 nitrogen and oxygen atoms in total. The van der Waals surface area contributed by atoms with E-state index in [1.54, 1.807) is 30.0 Å². The number of carbonyl (C=O) groups excluding carboxylic acids is 5. The Morgan fingerprint density at radius 3 is 2.35 bits per heavy atom. The number of H-pyrrole nitrogens is 1. The van der Waals surface area contributed by atoms with Crippen molar-refractivity contribution >= 4 is 57.9 Å². The van der Waals surface area contributed by atoms with E-state index in [0.717, 1.165) is 102 Å². The van der Waals surface area contributed by atoms with Crippen LogP contribution in [-0.4, -0.2) is 131 Å². The number of carbonyl (C=O) groups is 5. The normalized spacial score (nSPS) is 22.7. The highest BCUT2D eigenvalue weighted by Gasteiger charge is 2.46. The number of amides is 5. The number of piperidine rings is 4. The molecule has 1 aromatic heterocycles. The minimum Gasteiger partial charge on any atom is -0.493 e. The third kappa shape index (κ3) is 8.98. The number of nitrogens with one attached hydrogen (secondary N) is 2. The molecule has 1 atom stereocenters. The van der Waals surface area contributed by atoms with E-state index in [1.165, 1.54) is 6.07 Å². The van der Waals surface area contributed by atoms with Gasteiger partial charge in [-0.15, -0.1) is 0 Å². The smallest absolute Gasteiger partial charge is 0.264 e. The van der Waals surface area contributed by atoms with Gasteiger partial charge in [-0.05, 0) is 94.8 Å². The molecular weight excluding hydrogens is 818 g/mol. The number of imide groups is 2. The SMILES string of the molecule is O=C1CCC(N2C(=O)c3cccc(N4CCC(CN5CCC(C(=O)N6CCC(COc7cc(F)c8c(=O)[nH]c(CSC9CCOCC9)nc8c7)CC6)CC5)CC4)c3C2=O)C(=O)N1. The summed E-state index contributed by atoms with van der Waals surface area (Å²) in [6, 6.07) is 7.20. The molecule has 6 aliphatic rings. The highest BCUT2D eigenvalue weighted by atomic mass is 32.2. The maximum atomic E-state index is 15.1. The Morgan fingerprint density at radius 1 is 0.871 bits per heavy atom. The first-order valence-electron chi connectivity index (χ1n) is 22.2. The predicted molar refractivity (Wildman–Crippen MR) is 229 cm³/mol. The number of halogens is 1. The summed E-state index contributed by atoms with van der Waals surface area (Å²) in [6.45, 7) is 7.40. The van der Waals surface area contributed by atoms with E-state index in [9.17, 15) is 28.8 Å². The van der Waals surface area contributed by atoms with E-state index < -0.39 is 41.0 Å². The summed E-state index contributed by atoms with van der Waals surface area (Å²) in [5.41, 5.74) is 1.15. The number of ether oxygens (including phenoxy) is 2. The van der Waals surface area contributed by atoms with Crippen LogP contribution in [0.25, 0.3) is 10.9 Å². The van der Waals surface area contributed by atoms with Gasteiger partial charge in [0.05, 0.1) is 34.7 Å². The molecule has 0 saturated carbocycles. The Bertz CT molecular complexity index is 2280. The fourth-order valence-electron chi connectivity index (χ4n) is 10.1. The molecule has 0 bridgehead atoms. The van der Waals surface area contributed by atoms with Crippen molar-refractivity contribution in [3.8, 4) is 5.75 Å². The number of thioether (sulfide) groups is 1. The number of rotatable bonds is 11. The number of fused-ring (bicyclic) bond motifs is 2. The number of nitrogens with zero attached hydrogens (tertiary/aromatic N) is 5. The fourth-order valence-corrected chi connectivity index (χ4v) is 11.1. The van der Waals surface area contributed by atoms with Gasteiger partial charge >= 0.3 is 0 Å². The van der Waals surface area contributed by atoms with E-state index in [1.807, 2.05) is 11.0 Å². The van der Waals surface area contributed by atoms with Crippen molar-refractivity contribution in [1.82, 2.24) is 30.0 Å². The van der Waals surface area contributed by atoms with Crippen molar-refractivity contribution in [2.24, 2.45) is 17.8 Å². The molecule has 62 heavy (non-hydrogen) atoms. The molecule has 5 saturated heterocycles. The molecule has 330 valence electrons. The summed E-state index contributed by atoms with van der Waals surface area (Å²) < 4.78 is 26.6. The Morgan fingerprint density at radius 2 is 1.61 bits per heavy atom. The van der Waals surface area contributed by atoms with Crippen LogP contribution in [0, 0.1) is 23.6 Å². The summed E-state index contributed by atoms with van der Waals surface area (Å²) in [5, 5.41) is 2.64. The van der Waals surface area contributed by atoms with Crippen molar-refractivity contribution in [3.05, 3.63) is 63.5 Å². The van der Waals surface area contributed by atoms with Gasteiger partial charge in [0, 0.05) is 75.7 Å². The maximum Gasteiger partial charge on any atom is 0.264 e. The Kier molecular flexibility index (Phi) is 12.6. The molecule has 1 unspecified atom stereocenters. The van der Waals surface area contributed by atoms with E-state index in [-0.39, 0.29) is 41.5 Å². The first kappa shape index (κ1) is 42.4. The van der Waals surface area contributed by atoms with Crippen LogP contribution < -0.4 is 20.5 Å². The number of hydrogen-bond acceptors (Lipinski definition) is 12. The average Bonchev–Trinajstić information content (AvgIpc) is 3.54. The van der Waals surface area contributed by atoms with Crippen molar-refractivity contribution < 1.29 is 37.8 Å². The molecule has 5 amide bonds. The van der Waals surface area contributed by atoms with Gasteiger partial charge < -0.3 is 29.2 Å². The average molecular weight is 872 g/mol. The number of hydrogen-bond donors (Lipinski definition) is 2. The molecule has 7 heterocycles. The second kappa shape index (κ2) is 18.5. The van der Waals surface area contributed by atoms with Crippen molar-refractivity contribution in [2.75, 3.05) is 70.5 Å². The topological polar surface area (TPSA) is 175 Å². The van der Waals surface area contributed by atoms with Gasteiger partial charge in [-0.3, -0.25) is 39.0 Å². The van der Waals surface area contributed by atoms with Gasteiger partial charge in [-0.25, -0.2) is 9.37 Å². The second-order valence-corrected chi connectivity index (χ2v) is 19.0. The lowest BCUT2D eigenvalue weighted by Crippen LogP contribution is -2.54. The third-order valence-corrected chi connectivity index (χ3v) is 15.1. The molecule has 0 radical (unpaired) electrons. The standard InChI is InChI=1S/C45H54FN7O8S/c46-33-22-30(23-34-40(33)42(56)48-37(47-34)26-62-31-12-20-60-21-13-31)61-25-28-8-18-52(19-9-28)43(57)29-10-14-50(15-11-29)24-27-6-16-51(17-7-27)35-3-1-2-32-39(35)45(59)53(44(32)58)36-4-5-38(54)49-41(36)55/h1-3,22-23,27-29,31,36H,4-21,24-26H2,(H,47,48,56)(H,49,54,55). The lowest BCUT2D eigenvalue weighted by molar-refractivity contribution is -0.139. The van der Waals surface area contributed by atoms with Gasteiger partial charge in [0.25, 0.3) is 17.4 Å². The zero-order chi connectivity index (χ0) is 42.9. The molecule has 9 rings (SSSR count). The monoisotopic (exact) mass is 871 g/mol. The van der Waals surface area contributed by atoms with Gasteiger partial charge in [0.1, 0.15) is 28.8 Å². The van der Waals surface area contributed by atoms with E-state index in [2.05, 4.69) is 25.1 Å². The molecule has 2 N–H and O–H groups in total. The van der Waals surface area contributed by atoms with E-state index in [0.29, 0.717) is 65.0 Å². The minimum atomic E-state index is -0.993. The van der Waals surface area contributed by atoms with Crippen molar-refractivity contribution in [1.29, 1.82) is 0 Å². The summed E-state index contributed by atoms with van der Waals surface area (Å²) in [7, 11) is 0. The van der Waals surface area contributed by atoms with E-state index >= 15 is 4.39 Å². The molecule has 3 aromatic rings. The summed E-state index contributed by atoms with van der Waals surface area (Å²) >= 11 is 1.73. The van der Waals surface area contributed by atoms with Gasteiger partial charge in [-0.2, -0.15) is 11.8 Å². The van der Waals surface area contributed by atoms with Crippen LogP contribution in [0.5, 0.6) is 5.75 Å². The number of benzene rings is 2. The van der Waals surface area contributed by atoms with Crippen LogP contribution in [0.2, 0.25) is 0 Å². The van der Waals surface area contributed by atoms with Crippen LogP contribution in [0.1, 0.15) is 90.7 Å². The summed E-state index contributed by atoms with van der Waals surface area (Å²) in [4.78, 5) is 92.6. The van der Waals surface area contributed by atoms with Crippen LogP contribution in [0.15, 0.2) is 35.1 Å². The van der Waals surface area contributed by atoms with Gasteiger partial charge in [0.2, 0.25) is 17.7 Å². The largest absolute Gasteiger partial charge is 0.493 e. The van der Waals surface area contributed by atoms with Crippen LogP contribution >= 0.6 is 11.8 Å². The molecule has 17 heteroatoms. The first-order chi connectivity index (χ1) is 30.1. The highest BCUT2D eigenvalue weighted by Crippen LogP contribution is 2.36. The maximum absolute atomic E-state index is 15.1. The predicted octanol–water partition coefficient (Wildman–Crippen LogP) is 4.12. The molecule has 5 fully saturated rings. The highest BCUT2D eigenvalue weighted by molar-refractivity contribution is 7.99.